The van der Waals surface area contributed by atoms with Crippen molar-refractivity contribution < 1.29 is 13.9 Å². The summed E-state index contributed by atoms with van der Waals surface area (Å²) in [6, 6.07) is 12.3. The molecule has 158 valence electrons. The van der Waals surface area contributed by atoms with Gasteiger partial charge in [-0.05, 0) is 44.2 Å². The van der Waals surface area contributed by atoms with Gasteiger partial charge in [-0.3, -0.25) is 4.98 Å². The Hall–Kier alpha value is -3.45. The fourth-order valence-corrected chi connectivity index (χ4v) is 3.35. The van der Waals surface area contributed by atoms with E-state index in [0.29, 0.717) is 39.3 Å². The first-order valence-corrected chi connectivity index (χ1v) is 9.97. The first-order chi connectivity index (χ1) is 14.9. The number of imidazole rings is 1. The second-order valence-electron chi connectivity index (χ2n) is 6.97. The molecule has 4 aromatic rings. The lowest BCUT2D eigenvalue weighted by Gasteiger charge is -2.16. The highest BCUT2D eigenvalue weighted by Crippen LogP contribution is 2.38. The number of aryl methyl sites for hydroxylation is 1. The molecule has 0 saturated carbocycles. The van der Waals surface area contributed by atoms with Gasteiger partial charge in [0.05, 0.1) is 7.11 Å². The van der Waals surface area contributed by atoms with E-state index in [1.165, 1.54) is 12.3 Å². The van der Waals surface area contributed by atoms with Crippen molar-refractivity contribution in [1.82, 2.24) is 19.9 Å². The molecule has 0 aliphatic carbocycles. The third-order valence-corrected chi connectivity index (χ3v) is 5.08. The van der Waals surface area contributed by atoms with Crippen LogP contribution >= 0.6 is 11.6 Å². The van der Waals surface area contributed by atoms with Crippen LogP contribution in [0.5, 0.6) is 11.5 Å². The van der Waals surface area contributed by atoms with Gasteiger partial charge in [0.25, 0.3) is 0 Å². The predicted octanol–water partition coefficient (Wildman–Crippen LogP) is 5.78. The molecule has 0 bridgehead atoms. The highest BCUT2D eigenvalue weighted by Gasteiger charge is 2.18. The summed E-state index contributed by atoms with van der Waals surface area (Å²) in [4.78, 5) is 15.5. The smallest absolute Gasteiger partial charge is 0.212 e. The van der Waals surface area contributed by atoms with E-state index in [1.807, 2.05) is 38.1 Å². The number of aromatic nitrogens is 4. The average Bonchev–Trinajstić information content (AvgIpc) is 3.16. The third-order valence-electron chi connectivity index (χ3n) is 4.81. The number of benzene rings is 1. The summed E-state index contributed by atoms with van der Waals surface area (Å²) in [6.07, 6.45) is 3.01. The van der Waals surface area contributed by atoms with E-state index in [1.54, 1.807) is 25.4 Å². The van der Waals surface area contributed by atoms with Crippen LogP contribution in [0.25, 0.3) is 22.6 Å². The molecular weight excluding hydrogens is 419 g/mol. The molecule has 4 rings (SSSR count). The second kappa shape index (κ2) is 8.73. The van der Waals surface area contributed by atoms with Crippen LogP contribution in [-0.2, 0) is 0 Å². The first kappa shape index (κ1) is 20.8. The molecular formula is C23H20ClFN4O2. The van der Waals surface area contributed by atoms with Crippen molar-refractivity contribution in [3.8, 4) is 34.1 Å². The number of rotatable bonds is 6. The molecule has 3 aromatic heterocycles. The van der Waals surface area contributed by atoms with Crippen LogP contribution in [0.4, 0.5) is 4.39 Å². The summed E-state index contributed by atoms with van der Waals surface area (Å²) < 4.78 is 24.7. The minimum absolute atomic E-state index is 0.185. The lowest BCUT2D eigenvalue weighted by Crippen LogP contribution is -2.04. The fourth-order valence-electron chi connectivity index (χ4n) is 3.12. The van der Waals surface area contributed by atoms with E-state index in [-0.39, 0.29) is 6.10 Å². The Balaban J connectivity index is 1.61. The molecule has 31 heavy (non-hydrogen) atoms. The van der Waals surface area contributed by atoms with Gasteiger partial charge >= 0.3 is 0 Å². The van der Waals surface area contributed by atoms with E-state index < -0.39 is 5.95 Å². The number of nitrogens with one attached hydrogen (secondary N) is 1. The Morgan fingerprint density at radius 1 is 1.06 bits per heavy atom. The van der Waals surface area contributed by atoms with Gasteiger partial charge in [-0.1, -0.05) is 17.7 Å². The molecule has 6 nitrogen and oxygen atoms in total. The Bertz CT molecular complexity index is 1190. The normalized spacial score (nSPS) is 11.9. The number of nitrogens with zero attached hydrogens (tertiary/aromatic N) is 3. The van der Waals surface area contributed by atoms with Gasteiger partial charge in [-0.2, -0.15) is 4.39 Å². The minimum atomic E-state index is -0.561. The van der Waals surface area contributed by atoms with Crippen molar-refractivity contribution in [1.29, 1.82) is 0 Å². The fraction of sp³-hybridized carbons (Fsp3) is 0.174. The van der Waals surface area contributed by atoms with Crippen LogP contribution in [0.1, 0.15) is 24.3 Å². The highest BCUT2D eigenvalue weighted by atomic mass is 35.5. The van der Waals surface area contributed by atoms with E-state index in [0.717, 1.165) is 11.3 Å². The summed E-state index contributed by atoms with van der Waals surface area (Å²) in [5.41, 5.74) is 3.76. The molecule has 1 N–H and O–H groups in total. The standard InChI is InChI=1S/C23H20ClFN4O2/c1-13-4-5-15(11-26-13)14(2)31-17-7-8-18(19(10-17)30-3)21-22(24)29-23(28-21)16-6-9-20(25)27-12-16/h4-12,14H,1-3H3,(H,28,29)/t14-/m0/s1. The van der Waals surface area contributed by atoms with E-state index in [4.69, 9.17) is 21.1 Å². The lowest BCUT2D eigenvalue weighted by molar-refractivity contribution is 0.225. The van der Waals surface area contributed by atoms with Crippen LogP contribution < -0.4 is 9.47 Å². The van der Waals surface area contributed by atoms with Crippen molar-refractivity contribution in [3.63, 3.8) is 0 Å². The zero-order chi connectivity index (χ0) is 22.0. The lowest BCUT2D eigenvalue weighted by atomic mass is 10.1. The van der Waals surface area contributed by atoms with Gasteiger partial charge in [0.1, 0.15) is 34.3 Å². The van der Waals surface area contributed by atoms with Gasteiger partial charge in [0.2, 0.25) is 5.95 Å². The number of ether oxygens (including phenoxy) is 2. The maximum Gasteiger partial charge on any atom is 0.212 e. The largest absolute Gasteiger partial charge is 0.496 e. The number of pyridine rings is 2. The molecule has 3 heterocycles. The zero-order valence-corrected chi connectivity index (χ0v) is 17.9. The second-order valence-corrected chi connectivity index (χ2v) is 7.35. The number of H-pyrrole nitrogens is 1. The quantitative estimate of drug-likeness (QED) is 0.386. The van der Waals surface area contributed by atoms with Gasteiger partial charge in [-0.25, -0.2) is 9.97 Å². The summed E-state index contributed by atoms with van der Waals surface area (Å²) >= 11 is 6.40. The zero-order valence-electron chi connectivity index (χ0n) is 17.2. The summed E-state index contributed by atoms with van der Waals surface area (Å²) in [5.74, 6) is 1.12. The Morgan fingerprint density at radius 2 is 1.90 bits per heavy atom. The number of aromatic amines is 1. The van der Waals surface area contributed by atoms with Crippen LogP contribution in [0, 0.1) is 12.9 Å². The van der Waals surface area contributed by atoms with Crippen molar-refractivity contribution in [2.45, 2.75) is 20.0 Å². The van der Waals surface area contributed by atoms with Crippen LogP contribution in [0.15, 0.2) is 54.9 Å². The van der Waals surface area contributed by atoms with Crippen LogP contribution in [-0.4, -0.2) is 27.0 Å². The molecule has 0 spiro atoms. The molecule has 0 fully saturated rings. The highest BCUT2D eigenvalue weighted by molar-refractivity contribution is 6.32. The summed E-state index contributed by atoms with van der Waals surface area (Å²) in [6.45, 7) is 3.90. The van der Waals surface area contributed by atoms with Gasteiger partial charge < -0.3 is 14.5 Å². The Labute approximate surface area is 184 Å². The number of hydrogen-bond donors (Lipinski definition) is 1. The number of methoxy groups -OCH3 is 1. The van der Waals surface area contributed by atoms with Gasteiger partial charge in [0.15, 0.2) is 0 Å². The number of hydrogen-bond acceptors (Lipinski definition) is 5. The van der Waals surface area contributed by atoms with Crippen LogP contribution in [0.3, 0.4) is 0 Å². The molecule has 0 unspecified atom stereocenters. The van der Waals surface area contributed by atoms with Crippen molar-refractivity contribution in [3.05, 3.63) is 77.2 Å². The van der Waals surface area contributed by atoms with Gasteiger partial charge in [0, 0.05) is 40.8 Å². The average molecular weight is 439 g/mol. The van der Waals surface area contributed by atoms with E-state index in [2.05, 4.69) is 19.9 Å². The molecule has 0 saturated heterocycles. The first-order valence-electron chi connectivity index (χ1n) is 9.59. The van der Waals surface area contributed by atoms with Crippen molar-refractivity contribution in [2.24, 2.45) is 0 Å². The van der Waals surface area contributed by atoms with E-state index in [9.17, 15) is 4.39 Å². The molecule has 1 aromatic carbocycles. The third kappa shape index (κ3) is 4.51. The summed E-state index contributed by atoms with van der Waals surface area (Å²) in [7, 11) is 1.57. The summed E-state index contributed by atoms with van der Waals surface area (Å²) in [5, 5.41) is 0.338. The molecule has 0 amide bonds. The molecule has 0 aliphatic rings. The maximum absolute atomic E-state index is 13.1. The Kier molecular flexibility index (Phi) is 5.86. The molecule has 1 atom stereocenters. The Morgan fingerprint density at radius 3 is 2.58 bits per heavy atom. The van der Waals surface area contributed by atoms with Crippen molar-refractivity contribution >= 4 is 11.6 Å². The molecule has 0 radical (unpaired) electrons. The van der Waals surface area contributed by atoms with Gasteiger partial charge in [-0.15, -0.1) is 0 Å². The van der Waals surface area contributed by atoms with E-state index >= 15 is 0 Å². The monoisotopic (exact) mass is 438 g/mol. The maximum atomic E-state index is 13.1. The van der Waals surface area contributed by atoms with Crippen molar-refractivity contribution in [2.75, 3.05) is 7.11 Å². The molecule has 0 aliphatic heterocycles. The molecule has 8 heteroatoms. The predicted molar refractivity (Wildman–Crippen MR) is 117 cm³/mol. The SMILES string of the molecule is COc1cc(O[C@@H](C)c2ccc(C)nc2)ccc1-c1nc(-c2ccc(F)nc2)[nH]c1Cl. The minimum Gasteiger partial charge on any atom is -0.496 e. The topological polar surface area (TPSA) is 72.9 Å². The van der Waals surface area contributed by atoms with Crippen LogP contribution in [0.2, 0.25) is 5.15 Å². The number of halogens is 2.